The van der Waals surface area contributed by atoms with Gasteiger partial charge in [0, 0.05) is 26.2 Å². The second-order valence-electron chi connectivity index (χ2n) is 5.54. The Labute approximate surface area is 128 Å². The van der Waals surface area contributed by atoms with Crippen molar-refractivity contribution in [2.45, 2.75) is 29.8 Å². The van der Waals surface area contributed by atoms with E-state index < -0.39 is 10.0 Å². The first-order valence-corrected chi connectivity index (χ1v) is 8.63. The van der Waals surface area contributed by atoms with Gasteiger partial charge in [-0.25, -0.2) is 13.1 Å². The van der Waals surface area contributed by atoms with Crippen LogP contribution in [0.3, 0.4) is 0 Å². The Hall–Kier alpha value is -0.510. The van der Waals surface area contributed by atoms with Crippen molar-refractivity contribution in [1.82, 2.24) is 24.2 Å². The number of rotatable bonds is 5. The van der Waals surface area contributed by atoms with Crippen molar-refractivity contribution in [1.29, 1.82) is 0 Å². The quantitative estimate of drug-likeness (QED) is 0.767. The van der Waals surface area contributed by atoms with E-state index in [2.05, 4.69) is 31.1 Å². The van der Waals surface area contributed by atoms with Gasteiger partial charge >= 0.3 is 0 Å². The lowest BCUT2D eigenvalue weighted by Gasteiger charge is -2.48. The first kappa shape index (κ1) is 15.9. The summed E-state index contributed by atoms with van der Waals surface area (Å²) in [5, 5.41) is 7.57. The Morgan fingerprint density at radius 1 is 1.35 bits per heavy atom. The Bertz CT molecular complexity index is 574. The molecule has 0 radical (unpaired) electrons. The molecule has 2 rings (SSSR count). The van der Waals surface area contributed by atoms with Crippen LogP contribution < -0.4 is 0 Å². The van der Waals surface area contributed by atoms with Crippen LogP contribution in [0, 0.1) is 0 Å². The van der Waals surface area contributed by atoms with Gasteiger partial charge in [-0.15, -0.1) is 5.10 Å². The lowest BCUT2D eigenvalue weighted by atomic mass is 9.75. The van der Waals surface area contributed by atoms with Crippen LogP contribution in [-0.2, 0) is 17.1 Å². The minimum atomic E-state index is -3.60. The summed E-state index contributed by atoms with van der Waals surface area (Å²) in [4.78, 5) is 2.12. The molecular weight excluding hydrogens is 346 g/mol. The van der Waals surface area contributed by atoms with Crippen LogP contribution in [0.2, 0.25) is 0 Å². The molecule has 114 valence electrons. The number of sulfonamides is 1. The Balaban J connectivity index is 2.27. The van der Waals surface area contributed by atoms with E-state index in [1.165, 1.54) is 8.99 Å². The molecule has 0 aliphatic heterocycles. The van der Waals surface area contributed by atoms with Crippen LogP contribution in [0.15, 0.2) is 9.63 Å². The van der Waals surface area contributed by atoms with Crippen molar-refractivity contribution in [3.63, 3.8) is 0 Å². The highest BCUT2D eigenvalue weighted by Crippen LogP contribution is 2.37. The van der Waals surface area contributed by atoms with Crippen molar-refractivity contribution >= 4 is 26.0 Å². The minimum absolute atomic E-state index is 0.0552. The van der Waals surface area contributed by atoms with Crippen LogP contribution in [-0.4, -0.2) is 65.8 Å². The Morgan fingerprint density at radius 2 is 1.95 bits per heavy atom. The third kappa shape index (κ3) is 2.51. The Morgan fingerprint density at radius 3 is 2.30 bits per heavy atom. The zero-order chi connectivity index (χ0) is 15.1. The van der Waals surface area contributed by atoms with Gasteiger partial charge in [0.15, 0.2) is 4.60 Å². The lowest BCUT2D eigenvalue weighted by molar-refractivity contribution is 0.0454. The van der Waals surface area contributed by atoms with Crippen LogP contribution in [0.5, 0.6) is 0 Å². The van der Waals surface area contributed by atoms with E-state index in [9.17, 15) is 8.42 Å². The molecule has 0 unspecified atom stereocenters. The van der Waals surface area contributed by atoms with Crippen LogP contribution in [0.1, 0.15) is 19.3 Å². The number of hydrogen-bond acceptors (Lipinski definition) is 5. The average molecular weight is 366 g/mol. The molecule has 1 heterocycles. The lowest BCUT2D eigenvalue weighted by Crippen LogP contribution is -2.57. The van der Waals surface area contributed by atoms with E-state index in [0.29, 0.717) is 6.54 Å². The first-order chi connectivity index (χ1) is 9.20. The van der Waals surface area contributed by atoms with Crippen molar-refractivity contribution in [2.75, 3.05) is 27.7 Å². The fourth-order valence-electron chi connectivity index (χ4n) is 2.58. The van der Waals surface area contributed by atoms with Gasteiger partial charge in [0.25, 0.3) is 10.0 Å². The topological polar surface area (TPSA) is 71.3 Å². The summed E-state index contributed by atoms with van der Waals surface area (Å²) in [6.07, 6.45) is 3.18. The molecule has 0 atom stereocenters. The average Bonchev–Trinajstić information content (AvgIpc) is 2.63. The summed E-state index contributed by atoms with van der Waals surface area (Å²) < 4.78 is 28.2. The number of halogens is 1. The van der Waals surface area contributed by atoms with Crippen molar-refractivity contribution in [2.24, 2.45) is 7.05 Å². The fourth-order valence-corrected chi connectivity index (χ4v) is 4.85. The largest absolute Gasteiger partial charge is 0.302 e. The molecule has 7 nitrogen and oxygen atoms in total. The normalized spacial score (nSPS) is 18.6. The van der Waals surface area contributed by atoms with Gasteiger partial charge in [0.1, 0.15) is 0 Å². The van der Waals surface area contributed by atoms with E-state index >= 15 is 0 Å². The molecule has 1 fully saturated rings. The summed E-state index contributed by atoms with van der Waals surface area (Å²) in [6.45, 7) is 0.472. The predicted molar refractivity (Wildman–Crippen MR) is 78.8 cm³/mol. The Kier molecular flexibility index (Phi) is 4.25. The maximum atomic E-state index is 12.7. The molecule has 20 heavy (non-hydrogen) atoms. The number of aryl methyl sites for hydroxylation is 1. The third-order valence-corrected chi connectivity index (χ3v) is 6.83. The highest BCUT2D eigenvalue weighted by molar-refractivity contribution is 9.10. The van der Waals surface area contributed by atoms with Crippen molar-refractivity contribution in [3.05, 3.63) is 4.60 Å². The first-order valence-electron chi connectivity index (χ1n) is 6.40. The number of aromatic nitrogens is 3. The third-order valence-electron chi connectivity index (χ3n) is 4.14. The van der Waals surface area contributed by atoms with Gasteiger partial charge < -0.3 is 4.90 Å². The number of hydrogen-bond donors (Lipinski definition) is 0. The van der Waals surface area contributed by atoms with E-state index in [0.717, 1.165) is 19.3 Å². The molecule has 1 aromatic heterocycles. The van der Waals surface area contributed by atoms with Crippen LogP contribution >= 0.6 is 15.9 Å². The van der Waals surface area contributed by atoms with E-state index in [4.69, 9.17) is 0 Å². The van der Waals surface area contributed by atoms with Gasteiger partial charge in [0.2, 0.25) is 5.03 Å². The molecular formula is C11H20BrN5O2S. The summed E-state index contributed by atoms with van der Waals surface area (Å²) in [5.41, 5.74) is -0.0552. The number of likely N-dealkylation sites (N-methyl/N-ethyl adjacent to an activating group) is 2. The highest BCUT2D eigenvalue weighted by atomic mass is 79.9. The van der Waals surface area contributed by atoms with Gasteiger partial charge in [0.05, 0.1) is 0 Å². The second kappa shape index (κ2) is 5.36. The minimum Gasteiger partial charge on any atom is -0.302 e. The zero-order valence-electron chi connectivity index (χ0n) is 12.2. The molecule has 0 spiro atoms. The second-order valence-corrected chi connectivity index (χ2v) is 8.25. The molecule has 1 saturated carbocycles. The molecule has 9 heteroatoms. The summed E-state index contributed by atoms with van der Waals surface area (Å²) in [7, 11) is 3.58. The maximum Gasteiger partial charge on any atom is 0.262 e. The predicted octanol–water partition coefficient (Wildman–Crippen LogP) is 0.682. The van der Waals surface area contributed by atoms with E-state index in [-0.39, 0.29) is 15.2 Å². The van der Waals surface area contributed by atoms with E-state index in [1.807, 2.05) is 14.1 Å². The monoisotopic (exact) mass is 365 g/mol. The van der Waals surface area contributed by atoms with E-state index in [1.54, 1.807) is 14.1 Å². The standard InChI is InChI=1S/C11H20BrN5O2S/c1-15(2)11(6-5-7-11)8-16(3)20(18,19)10-9(12)13-14-17(10)4/h5-8H2,1-4H3. The summed E-state index contributed by atoms with van der Waals surface area (Å²) >= 11 is 3.15. The molecule has 1 aliphatic rings. The van der Waals surface area contributed by atoms with Crippen LogP contribution in [0.25, 0.3) is 0 Å². The van der Waals surface area contributed by atoms with Crippen molar-refractivity contribution < 1.29 is 8.42 Å². The molecule has 0 N–H and O–H groups in total. The highest BCUT2D eigenvalue weighted by Gasteiger charge is 2.43. The molecule has 1 aliphatic carbocycles. The zero-order valence-corrected chi connectivity index (χ0v) is 14.6. The SMILES string of the molecule is CN(C)C1(CN(C)S(=O)(=O)c2c(Br)nnn2C)CCC1. The summed E-state index contributed by atoms with van der Waals surface area (Å²) in [6, 6.07) is 0. The van der Waals surface area contributed by atoms with Gasteiger partial charge in [-0.3, -0.25) is 0 Å². The van der Waals surface area contributed by atoms with Crippen molar-refractivity contribution in [3.8, 4) is 0 Å². The smallest absolute Gasteiger partial charge is 0.262 e. The molecule has 0 bridgehead atoms. The molecule has 1 aromatic rings. The van der Waals surface area contributed by atoms with Gasteiger partial charge in [-0.05, 0) is 49.3 Å². The molecule has 0 aromatic carbocycles. The fraction of sp³-hybridized carbons (Fsp3) is 0.818. The molecule has 0 saturated heterocycles. The summed E-state index contributed by atoms with van der Waals surface area (Å²) in [5.74, 6) is 0. The maximum absolute atomic E-state index is 12.7. The van der Waals surface area contributed by atoms with Gasteiger partial charge in [-0.1, -0.05) is 5.21 Å². The van der Waals surface area contributed by atoms with Crippen LogP contribution in [0.4, 0.5) is 0 Å². The number of nitrogens with zero attached hydrogens (tertiary/aromatic N) is 5. The molecule has 0 amide bonds. The van der Waals surface area contributed by atoms with Gasteiger partial charge in [-0.2, -0.15) is 4.31 Å².